The first-order valence-electron chi connectivity index (χ1n) is 7.73. The fourth-order valence-electron chi connectivity index (χ4n) is 2.03. The molecule has 0 aliphatic rings. The molecule has 1 heterocycles. The molecule has 0 aliphatic heterocycles. The monoisotopic (exact) mass is 451 g/mol. The summed E-state index contributed by atoms with van der Waals surface area (Å²) in [5.41, 5.74) is 6.22. The molecule has 0 fully saturated rings. The molecular formula is C17H12BrF2N5O3. The van der Waals surface area contributed by atoms with Crippen molar-refractivity contribution in [1.82, 2.24) is 10.3 Å². The Labute approximate surface area is 165 Å². The minimum Gasteiger partial charge on any atom is -0.484 e. The number of halogens is 3. The van der Waals surface area contributed by atoms with E-state index in [0.29, 0.717) is 11.4 Å². The summed E-state index contributed by atoms with van der Waals surface area (Å²) in [6.07, 6.45) is 0. The van der Waals surface area contributed by atoms with Crippen molar-refractivity contribution >= 4 is 39.2 Å². The van der Waals surface area contributed by atoms with Gasteiger partial charge in [-0.2, -0.15) is 0 Å². The van der Waals surface area contributed by atoms with Gasteiger partial charge in [0.2, 0.25) is 5.82 Å². The lowest BCUT2D eigenvalue weighted by molar-refractivity contribution is -0.118. The van der Waals surface area contributed by atoms with Crippen LogP contribution in [0.5, 0.6) is 5.75 Å². The van der Waals surface area contributed by atoms with Gasteiger partial charge in [0.05, 0.1) is 10.2 Å². The number of amides is 1. The SMILES string of the molecule is NC(=Nc1ccc(F)c(Br)c1)c1nonc1NC(=O)COc1ccc(F)cc1. The molecule has 8 nitrogen and oxygen atoms in total. The highest BCUT2D eigenvalue weighted by atomic mass is 79.9. The van der Waals surface area contributed by atoms with Crippen LogP contribution in [0.2, 0.25) is 0 Å². The molecule has 3 rings (SSSR count). The zero-order valence-corrected chi connectivity index (χ0v) is 15.6. The van der Waals surface area contributed by atoms with Crippen LogP contribution in [-0.2, 0) is 4.79 Å². The summed E-state index contributed by atoms with van der Waals surface area (Å²) in [6.45, 7) is -0.361. The standard InChI is InChI=1S/C17H12BrF2N5O3/c18-12-7-10(3-6-13(12)20)22-16(21)15-17(25-28-24-15)23-14(26)8-27-11-4-1-9(19)2-5-11/h1-7H,8H2,(H2,21,22)(H,23,25,26). The molecule has 0 saturated heterocycles. The van der Waals surface area contributed by atoms with Crippen LogP contribution in [0.3, 0.4) is 0 Å². The van der Waals surface area contributed by atoms with Crippen molar-refractivity contribution in [2.45, 2.75) is 0 Å². The van der Waals surface area contributed by atoms with Crippen LogP contribution in [-0.4, -0.2) is 28.7 Å². The Bertz CT molecular complexity index is 1020. The van der Waals surface area contributed by atoms with Gasteiger partial charge in [0.25, 0.3) is 5.91 Å². The number of ether oxygens (including phenoxy) is 1. The second-order valence-electron chi connectivity index (χ2n) is 5.35. The summed E-state index contributed by atoms with van der Waals surface area (Å²) in [5.74, 6) is -1.28. The molecule has 11 heteroatoms. The van der Waals surface area contributed by atoms with Crippen molar-refractivity contribution < 1.29 is 22.9 Å². The van der Waals surface area contributed by atoms with Crippen LogP contribution in [0.4, 0.5) is 20.3 Å². The molecule has 0 atom stereocenters. The molecule has 3 N–H and O–H groups in total. The van der Waals surface area contributed by atoms with Crippen LogP contribution in [0.1, 0.15) is 5.69 Å². The van der Waals surface area contributed by atoms with Crippen LogP contribution in [0, 0.1) is 11.6 Å². The van der Waals surface area contributed by atoms with Crippen molar-refractivity contribution in [2.24, 2.45) is 10.7 Å². The molecule has 0 bridgehead atoms. The Morgan fingerprint density at radius 3 is 2.68 bits per heavy atom. The fraction of sp³-hybridized carbons (Fsp3) is 0.0588. The minimum absolute atomic E-state index is 0.00409. The van der Waals surface area contributed by atoms with Gasteiger partial charge in [-0.1, -0.05) is 0 Å². The summed E-state index contributed by atoms with van der Waals surface area (Å²) in [5, 5.41) is 9.60. The first kappa shape index (κ1) is 19.4. The summed E-state index contributed by atoms with van der Waals surface area (Å²) < 4.78 is 36.2. The molecule has 1 aromatic heterocycles. The van der Waals surface area contributed by atoms with Crippen molar-refractivity contribution in [1.29, 1.82) is 0 Å². The van der Waals surface area contributed by atoms with E-state index >= 15 is 0 Å². The zero-order chi connectivity index (χ0) is 20.1. The van der Waals surface area contributed by atoms with E-state index in [2.05, 4.69) is 41.2 Å². The summed E-state index contributed by atoms with van der Waals surface area (Å²) in [6, 6.07) is 9.23. The van der Waals surface area contributed by atoms with E-state index in [0.717, 1.165) is 0 Å². The van der Waals surface area contributed by atoms with Crippen molar-refractivity contribution in [3.8, 4) is 5.75 Å². The lowest BCUT2D eigenvalue weighted by Gasteiger charge is -2.06. The summed E-state index contributed by atoms with van der Waals surface area (Å²) in [4.78, 5) is 16.1. The number of amidine groups is 1. The average molecular weight is 452 g/mol. The second-order valence-corrected chi connectivity index (χ2v) is 6.20. The van der Waals surface area contributed by atoms with Crippen LogP contribution in [0.15, 0.2) is 56.6 Å². The highest BCUT2D eigenvalue weighted by molar-refractivity contribution is 9.10. The van der Waals surface area contributed by atoms with E-state index < -0.39 is 17.5 Å². The van der Waals surface area contributed by atoms with Crippen molar-refractivity contribution in [3.05, 3.63) is 64.3 Å². The predicted molar refractivity (Wildman–Crippen MR) is 99.3 cm³/mol. The maximum absolute atomic E-state index is 13.3. The van der Waals surface area contributed by atoms with Gasteiger partial charge >= 0.3 is 0 Å². The third kappa shape index (κ3) is 4.88. The van der Waals surface area contributed by atoms with E-state index in [1.54, 1.807) is 0 Å². The topological polar surface area (TPSA) is 116 Å². The fourth-order valence-corrected chi connectivity index (χ4v) is 2.40. The lowest BCUT2D eigenvalue weighted by atomic mass is 10.3. The molecule has 3 aromatic rings. The zero-order valence-electron chi connectivity index (χ0n) is 14.0. The first-order chi connectivity index (χ1) is 13.4. The number of nitrogens with zero attached hydrogens (tertiary/aromatic N) is 3. The molecule has 0 unspecified atom stereocenters. The molecule has 0 radical (unpaired) electrons. The van der Waals surface area contributed by atoms with Gasteiger partial charge in [-0.25, -0.2) is 18.4 Å². The number of carbonyl (C=O) groups is 1. The minimum atomic E-state index is -0.571. The van der Waals surface area contributed by atoms with Gasteiger partial charge < -0.3 is 15.8 Å². The van der Waals surface area contributed by atoms with Crippen molar-refractivity contribution in [3.63, 3.8) is 0 Å². The van der Waals surface area contributed by atoms with Crippen LogP contribution >= 0.6 is 15.9 Å². The van der Waals surface area contributed by atoms with E-state index in [1.165, 1.54) is 42.5 Å². The first-order valence-corrected chi connectivity index (χ1v) is 8.52. The number of benzene rings is 2. The largest absolute Gasteiger partial charge is 0.484 e. The second kappa shape index (κ2) is 8.57. The van der Waals surface area contributed by atoms with Gasteiger partial charge in [0.1, 0.15) is 17.4 Å². The van der Waals surface area contributed by atoms with Crippen LogP contribution < -0.4 is 15.8 Å². The van der Waals surface area contributed by atoms with Crippen molar-refractivity contribution in [2.75, 3.05) is 11.9 Å². The molecule has 0 saturated carbocycles. The summed E-state index contributed by atoms with van der Waals surface area (Å²) in [7, 11) is 0. The number of hydrogen-bond donors (Lipinski definition) is 2. The number of carbonyl (C=O) groups excluding carboxylic acids is 1. The molecule has 28 heavy (non-hydrogen) atoms. The molecule has 1 amide bonds. The molecule has 144 valence electrons. The van der Waals surface area contributed by atoms with E-state index in [1.807, 2.05) is 0 Å². The highest BCUT2D eigenvalue weighted by Gasteiger charge is 2.17. The quantitative estimate of drug-likeness (QED) is 0.439. The van der Waals surface area contributed by atoms with Crippen LogP contribution in [0.25, 0.3) is 0 Å². The molecule has 2 aromatic carbocycles. The number of nitrogens with two attached hydrogens (primary N) is 1. The molecule has 0 spiro atoms. The van der Waals surface area contributed by atoms with Gasteiger partial charge in [0, 0.05) is 0 Å². The number of aliphatic imine (C=N–C) groups is 1. The van der Waals surface area contributed by atoms with Gasteiger partial charge in [-0.05, 0) is 68.7 Å². The third-order valence-corrected chi connectivity index (χ3v) is 3.93. The number of aromatic nitrogens is 2. The Morgan fingerprint density at radius 1 is 1.21 bits per heavy atom. The number of hydrogen-bond acceptors (Lipinski definition) is 6. The smallest absolute Gasteiger partial charge is 0.263 e. The average Bonchev–Trinajstić information content (AvgIpc) is 3.12. The lowest BCUT2D eigenvalue weighted by Crippen LogP contribution is -2.23. The van der Waals surface area contributed by atoms with Gasteiger partial charge in [0.15, 0.2) is 18.1 Å². The Kier molecular flexibility index (Phi) is 5.94. The number of anilines is 1. The Hall–Kier alpha value is -3.34. The van der Waals surface area contributed by atoms with E-state index in [4.69, 9.17) is 10.5 Å². The van der Waals surface area contributed by atoms with E-state index in [9.17, 15) is 13.6 Å². The maximum Gasteiger partial charge on any atom is 0.263 e. The Balaban J connectivity index is 1.66. The maximum atomic E-state index is 13.3. The van der Waals surface area contributed by atoms with Gasteiger partial charge in [-0.15, -0.1) is 0 Å². The molecular weight excluding hydrogens is 440 g/mol. The number of rotatable bonds is 6. The third-order valence-electron chi connectivity index (χ3n) is 3.33. The Morgan fingerprint density at radius 2 is 1.96 bits per heavy atom. The predicted octanol–water partition coefficient (Wildman–Crippen LogP) is 3.16. The van der Waals surface area contributed by atoms with Gasteiger partial charge in [-0.3, -0.25) is 4.79 Å². The normalized spacial score (nSPS) is 11.3. The number of nitrogens with one attached hydrogen (secondary N) is 1. The molecule has 0 aliphatic carbocycles. The van der Waals surface area contributed by atoms with E-state index in [-0.39, 0.29) is 28.4 Å². The summed E-state index contributed by atoms with van der Waals surface area (Å²) >= 11 is 3.05. The highest BCUT2D eigenvalue weighted by Crippen LogP contribution is 2.23.